The van der Waals surface area contributed by atoms with Crippen molar-refractivity contribution in [2.45, 2.75) is 19.4 Å². The Kier molecular flexibility index (Phi) is 5.77. The number of nitrogens with two attached hydrogens (primary N) is 1. The standard InChI is InChI=1S/C10H13ClN2.ClH/c1-7(2)6-9(12)8-4-3-5-13-10(8)11;/h3-5,9H,1,6,12H2,2H3;1H/t9-;/m0./s1. The Morgan fingerprint density at radius 3 is 2.86 bits per heavy atom. The fourth-order valence-electron chi connectivity index (χ4n) is 1.16. The van der Waals surface area contributed by atoms with Crippen molar-refractivity contribution in [2.24, 2.45) is 5.73 Å². The molecule has 0 saturated heterocycles. The molecule has 1 aromatic heterocycles. The highest BCUT2D eigenvalue weighted by Gasteiger charge is 2.09. The summed E-state index contributed by atoms with van der Waals surface area (Å²) < 4.78 is 0. The summed E-state index contributed by atoms with van der Waals surface area (Å²) >= 11 is 5.88. The van der Waals surface area contributed by atoms with Gasteiger partial charge in [-0.1, -0.05) is 23.2 Å². The zero-order chi connectivity index (χ0) is 9.84. The summed E-state index contributed by atoms with van der Waals surface area (Å²) in [4.78, 5) is 3.96. The average Bonchev–Trinajstić information content (AvgIpc) is 2.03. The van der Waals surface area contributed by atoms with Crippen molar-refractivity contribution in [3.63, 3.8) is 0 Å². The van der Waals surface area contributed by atoms with E-state index in [1.54, 1.807) is 6.20 Å². The van der Waals surface area contributed by atoms with Crippen LogP contribution >= 0.6 is 24.0 Å². The first-order valence-electron chi connectivity index (χ1n) is 4.11. The van der Waals surface area contributed by atoms with E-state index in [1.165, 1.54) is 0 Å². The van der Waals surface area contributed by atoms with Crippen LogP contribution in [0.2, 0.25) is 5.15 Å². The molecule has 2 N–H and O–H groups in total. The highest BCUT2D eigenvalue weighted by Crippen LogP contribution is 2.22. The zero-order valence-corrected chi connectivity index (χ0v) is 9.61. The first kappa shape index (κ1) is 13.4. The first-order valence-corrected chi connectivity index (χ1v) is 4.49. The third-order valence-corrected chi connectivity index (χ3v) is 2.07. The normalized spacial score (nSPS) is 11.6. The molecular weight excluding hydrogens is 219 g/mol. The Balaban J connectivity index is 0.00000169. The summed E-state index contributed by atoms with van der Waals surface area (Å²) in [5.74, 6) is 0. The van der Waals surface area contributed by atoms with Gasteiger partial charge in [0.25, 0.3) is 0 Å². The van der Waals surface area contributed by atoms with Crippen LogP contribution in [0.4, 0.5) is 0 Å². The molecule has 1 atom stereocenters. The number of aromatic nitrogens is 1. The molecule has 0 amide bonds. The SMILES string of the molecule is C=C(C)C[C@H](N)c1cccnc1Cl.Cl. The Morgan fingerprint density at radius 1 is 1.71 bits per heavy atom. The number of rotatable bonds is 3. The first-order chi connectivity index (χ1) is 6.11. The van der Waals surface area contributed by atoms with Crippen LogP contribution in [0.1, 0.15) is 24.9 Å². The molecule has 1 aromatic rings. The molecule has 4 heteroatoms. The smallest absolute Gasteiger partial charge is 0.133 e. The molecule has 0 aromatic carbocycles. The van der Waals surface area contributed by atoms with Crippen molar-refractivity contribution in [3.05, 3.63) is 41.2 Å². The molecule has 0 bridgehead atoms. The predicted molar refractivity (Wildman–Crippen MR) is 62.9 cm³/mol. The Morgan fingerprint density at radius 2 is 2.36 bits per heavy atom. The molecule has 0 aliphatic carbocycles. The van der Waals surface area contributed by atoms with E-state index in [0.29, 0.717) is 5.15 Å². The highest BCUT2D eigenvalue weighted by atomic mass is 35.5. The second kappa shape index (κ2) is 6.02. The molecule has 2 nitrogen and oxygen atoms in total. The van der Waals surface area contributed by atoms with Gasteiger partial charge in [-0.25, -0.2) is 4.98 Å². The lowest BCUT2D eigenvalue weighted by atomic mass is 10.0. The molecule has 0 radical (unpaired) electrons. The minimum atomic E-state index is -0.0984. The molecule has 78 valence electrons. The van der Waals surface area contributed by atoms with Gasteiger partial charge in [0.1, 0.15) is 5.15 Å². The van der Waals surface area contributed by atoms with Gasteiger partial charge in [0.2, 0.25) is 0 Å². The largest absolute Gasteiger partial charge is 0.324 e. The van der Waals surface area contributed by atoms with Crippen molar-refractivity contribution in [1.82, 2.24) is 4.98 Å². The lowest BCUT2D eigenvalue weighted by Gasteiger charge is -2.12. The van der Waals surface area contributed by atoms with Crippen LogP contribution in [0, 0.1) is 0 Å². The summed E-state index contributed by atoms with van der Waals surface area (Å²) in [5, 5.41) is 0.483. The van der Waals surface area contributed by atoms with E-state index in [9.17, 15) is 0 Å². The number of pyridine rings is 1. The molecular formula is C10H14Cl2N2. The molecule has 0 spiro atoms. The Labute approximate surface area is 95.6 Å². The lowest BCUT2D eigenvalue weighted by molar-refractivity contribution is 0.714. The molecule has 0 saturated carbocycles. The van der Waals surface area contributed by atoms with E-state index >= 15 is 0 Å². The summed E-state index contributed by atoms with van der Waals surface area (Å²) in [6.07, 6.45) is 2.39. The number of hydrogen-bond acceptors (Lipinski definition) is 2. The van der Waals surface area contributed by atoms with Crippen LogP contribution in [0.3, 0.4) is 0 Å². The van der Waals surface area contributed by atoms with Crippen LogP contribution < -0.4 is 5.73 Å². The minimum absolute atomic E-state index is 0. The van der Waals surface area contributed by atoms with Crippen molar-refractivity contribution in [2.75, 3.05) is 0 Å². The van der Waals surface area contributed by atoms with Crippen molar-refractivity contribution in [3.8, 4) is 0 Å². The van der Waals surface area contributed by atoms with Crippen LogP contribution in [0.15, 0.2) is 30.5 Å². The summed E-state index contributed by atoms with van der Waals surface area (Å²) in [5.41, 5.74) is 7.84. The Hall–Kier alpha value is -0.570. The zero-order valence-electron chi connectivity index (χ0n) is 8.03. The number of halogens is 2. The van der Waals surface area contributed by atoms with E-state index < -0.39 is 0 Å². The van der Waals surface area contributed by atoms with Gasteiger partial charge in [0.05, 0.1) is 0 Å². The Bertz CT molecular complexity index is 313. The monoisotopic (exact) mass is 232 g/mol. The van der Waals surface area contributed by atoms with E-state index in [-0.39, 0.29) is 18.4 Å². The highest BCUT2D eigenvalue weighted by molar-refractivity contribution is 6.30. The summed E-state index contributed by atoms with van der Waals surface area (Å²) in [6, 6.07) is 3.63. The lowest BCUT2D eigenvalue weighted by Crippen LogP contribution is -2.11. The second-order valence-corrected chi connectivity index (χ2v) is 3.51. The van der Waals surface area contributed by atoms with Crippen molar-refractivity contribution >= 4 is 24.0 Å². The van der Waals surface area contributed by atoms with Crippen LogP contribution in [0.25, 0.3) is 0 Å². The number of nitrogens with zero attached hydrogens (tertiary/aromatic N) is 1. The molecule has 14 heavy (non-hydrogen) atoms. The molecule has 0 aliphatic heterocycles. The summed E-state index contributed by atoms with van der Waals surface area (Å²) in [7, 11) is 0. The summed E-state index contributed by atoms with van der Waals surface area (Å²) in [6.45, 7) is 5.76. The minimum Gasteiger partial charge on any atom is -0.324 e. The predicted octanol–water partition coefficient (Wildman–Crippen LogP) is 3.12. The third kappa shape index (κ3) is 3.66. The third-order valence-electron chi connectivity index (χ3n) is 1.76. The van der Waals surface area contributed by atoms with Gasteiger partial charge >= 0.3 is 0 Å². The molecule has 0 fully saturated rings. The average molecular weight is 233 g/mol. The fourth-order valence-corrected chi connectivity index (χ4v) is 1.42. The molecule has 1 heterocycles. The molecule has 0 unspecified atom stereocenters. The number of hydrogen-bond donors (Lipinski definition) is 1. The maximum Gasteiger partial charge on any atom is 0.133 e. The van der Waals surface area contributed by atoms with Crippen molar-refractivity contribution < 1.29 is 0 Å². The van der Waals surface area contributed by atoms with Gasteiger partial charge in [-0.2, -0.15) is 0 Å². The van der Waals surface area contributed by atoms with E-state index in [4.69, 9.17) is 17.3 Å². The van der Waals surface area contributed by atoms with E-state index in [2.05, 4.69) is 11.6 Å². The molecule has 1 rings (SSSR count). The maximum atomic E-state index is 5.91. The van der Waals surface area contributed by atoms with E-state index in [0.717, 1.165) is 17.6 Å². The van der Waals surface area contributed by atoms with Gasteiger partial charge in [-0.15, -0.1) is 19.0 Å². The van der Waals surface area contributed by atoms with E-state index in [1.807, 2.05) is 19.1 Å². The van der Waals surface area contributed by atoms with Crippen LogP contribution in [0.5, 0.6) is 0 Å². The topological polar surface area (TPSA) is 38.9 Å². The van der Waals surface area contributed by atoms with Gasteiger partial charge in [-0.3, -0.25) is 0 Å². The second-order valence-electron chi connectivity index (χ2n) is 3.15. The molecule has 0 aliphatic rings. The van der Waals surface area contributed by atoms with Gasteiger partial charge in [0, 0.05) is 17.8 Å². The van der Waals surface area contributed by atoms with Crippen LogP contribution in [-0.4, -0.2) is 4.98 Å². The maximum absolute atomic E-state index is 5.91. The quantitative estimate of drug-likeness (QED) is 0.643. The van der Waals surface area contributed by atoms with Gasteiger partial charge < -0.3 is 5.73 Å². The van der Waals surface area contributed by atoms with Crippen molar-refractivity contribution in [1.29, 1.82) is 0 Å². The van der Waals surface area contributed by atoms with Gasteiger partial charge in [0.15, 0.2) is 0 Å². The van der Waals surface area contributed by atoms with Gasteiger partial charge in [-0.05, 0) is 19.4 Å². The fraction of sp³-hybridized carbons (Fsp3) is 0.300. The van der Waals surface area contributed by atoms with Crippen LogP contribution in [-0.2, 0) is 0 Å².